The van der Waals surface area contributed by atoms with Crippen molar-refractivity contribution in [3.63, 3.8) is 0 Å². The maximum absolute atomic E-state index is 4.50. The van der Waals surface area contributed by atoms with Crippen molar-refractivity contribution < 1.29 is 0 Å². The van der Waals surface area contributed by atoms with Crippen LogP contribution in [0.15, 0.2) is 10.4 Å². The van der Waals surface area contributed by atoms with Gasteiger partial charge >= 0.3 is 0 Å². The van der Waals surface area contributed by atoms with Gasteiger partial charge in [0.25, 0.3) is 0 Å². The minimum Gasteiger partial charge on any atom is -0.356 e. The summed E-state index contributed by atoms with van der Waals surface area (Å²) < 4.78 is 0. The zero-order valence-electron chi connectivity index (χ0n) is 15.5. The normalized spacial score (nSPS) is 19.5. The number of hydrogen-bond donors (Lipinski definition) is 2. The summed E-state index contributed by atoms with van der Waals surface area (Å²) in [5.41, 5.74) is 1.13. The monoisotopic (exact) mass is 351 g/mol. The Bertz CT molecular complexity index is 499. The molecule has 1 saturated heterocycles. The van der Waals surface area contributed by atoms with Crippen molar-refractivity contribution in [2.24, 2.45) is 4.99 Å². The molecule has 6 heteroatoms. The van der Waals surface area contributed by atoms with Gasteiger partial charge in [0, 0.05) is 50.2 Å². The van der Waals surface area contributed by atoms with E-state index in [9.17, 15) is 0 Å². The van der Waals surface area contributed by atoms with E-state index in [-0.39, 0.29) is 0 Å². The van der Waals surface area contributed by atoms with Crippen LogP contribution in [-0.2, 0) is 6.42 Å². The summed E-state index contributed by atoms with van der Waals surface area (Å²) in [5, 5.41) is 10.2. The molecule has 0 bridgehead atoms. The molecule has 2 N–H and O–H groups in total. The molecule has 1 unspecified atom stereocenters. The van der Waals surface area contributed by atoms with Crippen LogP contribution >= 0.6 is 11.3 Å². The van der Waals surface area contributed by atoms with Crippen LogP contribution in [0.3, 0.4) is 0 Å². The third-order valence-corrected chi connectivity index (χ3v) is 5.63. The van der Waals surface area contributed by atoms with E-state index in [0.29, 0.717) is 0 Å². The lowest BCUT2D eigenvalue weighted by atomic mass is 10.0. The Morgan fingerprint density at radius 3 is 2.79 bits per heavy atom. The molecule has 0 radical (unpaired) electrons. The first-order valence-corrected chi connectivity index (χ1v) is 10.2. The number of aryl methyl sites for hydroxylation is 2. The van der Waals surface area contributed by atoms with Crippen LogP contribution in [0.2, 0.25) is 0 Å². The SMILES string of the molecule is CN=C(NCCCc1nc(C)cs1)NCCCN1CCCCC1C. The number of likely N-dealkylation sites (tertiary alicyclic amines) is 1. The highest BCUT2D eigenvalue weighted by molar-refractivity contribution is 7.09. The molecule has 0 amide bonds. The molecule has 0 aliphatic carbocycles. The predicted octanol–water partition coefficient (Wildman–Crippen LogP) is 2.81. The van der Waals surface area contributed by atoms with Gasteiger partial charge in [-0.2, -0.15) is 0 Å². The van der Waals surface area contributed by atoms with Gasteiger partial charge in [-0.3, -0.25) is 4.99 Å². The van der Waals surface area contributed by atoms with Crippen molar-refractivity contribution in [2.45, 2.75) is 58.4 Å². The van der Waals surface area contributed by atoms with Gasteiger partial charge in [0.2, 0.25) is 0 Å². The van der Waals surface area contributed by atoms with E-state index in [1.165, 1.54) is 43.8 Å². The molecule has 136 valence electrons. The second-order valence-corrected chi connectivity index (χ2v) is 7.59. The number of guanidine groups is 1. The highest BCUT2D eigenvalue weighted by atomic mass is 32.1. The van der Waals surface area contributed by atoms with Gasteiger partial charge in [-0.15, -0.1) is 11.3 Å². The van der Waals surface area contributed by atoms with Gasteiger partial charge in [-0.05, 0) is 46.1 Å². The summed E-state index contributed by atoms with van der Waals surface area (Å²) in [6.07, 6.45) is 7.40. The number of nitrogens with zero attached hydrogens (tertiary/aromatic N) is 3. The quantitative estimate of drug-likeness (QED) is 0.430. The van der Waals surface area contributed by atoms with E-state index in [1.54, 1.807) is 11.3 Å². The van der Waals surface area contributed by atoms with Crippen LogP contribution in [0.4, 0.5) is 0 Å². The van der Waals surface area contributed by atoms with Crippen LogP contribution in [0, 0.1) is 6.92 Å². The third kappa shape index (κ3) is 6.77. The molecule has 1 aliphatic heterocycles. The van der Waals surface area contributed by atoms with Crippen molar-refractivity contribution in [1.29, 1.82) is 0 Å². The van der Waals surface area contributed by atoms with Crippen molar-refractivity contribution in [3.8, 4) is 0 Å². The fraction of sp³-hybridized carbons (Fsp3) is 0.778. The van der Waals surface area contributed by atoms with Crippen LogP contribution in [0.25, 0.3) is 0 Å². The van der Waals surface area contributed by atoms with E-state index >= 15 is 0 Å². The molecule has 0 saturated carbocycles. The summed E-state index contributed by atoms with van der Waals surface area (Å²) in [5.74, 6) is 0.914. The van der Waals surface area contributed by atoms with Crippen LogP contribution < -0.4 is 10.6 Å². The lowest BCUT2D eigenvalue weighted by molar-refractivity contribution is 0.159. The minimum absolute atomic E-state index is 0.755. The lowest BCUT2D eigenvalue weighted by Crippen LogP contribution is -2.41. The first-order chi connectivity index (χ1) is 11.7. The number of piperidine rings is 1. The molecule has 2 heterocycles. The van der Waals surface area contributed by atoms with Crippen molar-refractivity contribution in [3.05, 3.63) is 16.1 Å². The van der Waals surface area contributed by atoms with E-state index in [0.717, 1.165) is 43.6 Å². The lowest BCUT2D eigenvalue weighted by Gasteiger charge is -2.33. The maximum atomic E-state index is 4.50. The first kappa shape index (κ1) is 19.2. The average molecular weight is 352 g/mol. The maximum Gasteiger partial charge on any atom is 0.190 e. The molecule has 1 atom stereocenters. The Balaban J connectivity index is 1.53. The van der Waals surface area contributed by atoms with E-state index in [2.05, 4.69) is 44.7 Å². The second-order valence-electron chi connectivity index (χ2n) is 6.65. The number of aliphatic imine (C=N–C) groups is 1. The van der Waals surface area contributed by atoms with Gasteiger partial charge in [-0.1, -0.05) is 6.42 Å². The van der Waals surface area contributed by atoms with Crippen LogP contribution in [0.1, 0.15) is 49.7 Å². The summed E-state index contributed by atoms with van der Waals surface area (Å²) >= 11 is 1.76. The topological polar surface area (TPSA) is 52.6 Å². The molecule has 0 aromatic carbocycles. The van der Waals surface area contributed by atoms with E-state index < -0.39 is 0 Å². The van der Waals surface area contributed by atoms with Gasteiger partial charge in [0.1, 0.15) is 0 Å². The van der Waals surface area contributed by atoms with Crippen molar-refractivity contribution in [2.75, 3.05) is 33.2 Å². The summed E-state index contributed by atoms with van der Waals surface area (Å²) in [6.45, 7) is 8.78. The molecule has 1 fully saturated rings. The molecule has 5 nitrogen and oxygen atoms in total. The molecule has 0 spiro atoms. The van der Waals surface area contributed by atoms with Crippen molar-refractivity contribution in [1.82, 2.24) is 20.5 Å². The number of hydrogen-bond acceptors (Lipinski definition) is 4. The Labute approximate surface area is 151 Å². The smallest absolute Gasteiger partial charge is 0.190 e. The van der Waals surface area contributed by atoms with Gasteiger partial charge in [-0.25, -0.2) is 4.98 Å². The zero-order valence-corrected chi connectivity index (χ0v) is 16.3. The Kier molecular flexibility index (Phi) is 8.53. The summed E-state index contributed by atoms with van der Waals surface area (Å²) in [4.78, 5) is 11.4. The van der Waals surface area contributed by atoms with Gasteiger partial charge in [0.05, 0.1) is 5.01 Å². The third-order valence-electron chi connectivity index (χ3n) is 4.61. The highest BCUT2D eigenvalue weighted by Gasteiger charge is 2.17. The van der Waals surface area contributed by atoms with Crippen molar-refractivity contribution >= 4 is 17.3 Å². The molecular formula is C18H33N5S. The molecular weight excluding hydrogens is 318 g/mol. The summed E-state index contributed by atoms with van der Waals surface area (Å²) in [6, 6.07) is 0.755. The number of rotatable bonds is 8. The largest absolute Gasteiger partial charge is 0.356 e. The van der Waals surface area contributed by atoms with Crippen LogP contribution in [-0.4, -0.2) is 55.1 Å². The average Bonchev–Trinajstić information content (AvgIpc) is 3.00. The predicted molar refractivity (Wildman–Crippen MR) is 104 cm³/mol. The highest BCUT2D eigenvalue weighted by Crippen LogP contribution is 2.16. The Hall–Kier alpha value is -1.14. The van der Waals surface area contributed by atoms with Crippen LogP contribution in [0.5, 0.6) is 0 Å². The Morgan fingerprint density at radius 2 is 2.12 bits per heavy atom. The number of nitrogens with one attached hydrogen (secondary N) is 2. The molecule has 24 heavy (non-hydrogen) atoms. The fourth-order valence-electron chi connectivity index (χ4n) is 3.16. The van der Waals surface area contributed by atoms with E-state index in [4.69, 9.17) is 0 Å². The molecule has 1 aromatic heterocycles. The Morgan fingerprint density at radius 1 is 1.33 bits per heavy atom. The summed E-state index contributed by atoms with van der Waals surface area (Å²) in [7, 11) is 1.84. The molecule has 1 aromatic rings. The number of aromatic nitrogens is 1. The fourth-order valence-corrected chi connectivity index (χ4v) is 3.98. The van der Waals surface area contributed by atoms with Gasteiger partial charge in [0.15, 0.2) is 5.96 Å². The standard InChI is InChI=1S/C18H33N5S/c1-15-14-24-17(22-15)9-6-10-20-18(19-3)21-11-7-13-23-12-5-4-8-16(23)2/h14,16H,4-13H2,1-3H3,(H2,19,20,21). The number of thiazole rings is 1. The molecule has 1 aliphatic rings. The molecule has 2 rings (SSSR count). The first-order valence-electron chi connectivity index (χ1n) is 9.28. The minimum atomic E-state index is 0.755. The van der Waals surface area contributed by atoms with Gasteiger partial charge < -0.3 is 15.5 Å². The van der Waals surface area contributed by atoms with E-state index in [1.807, 2.05) is 7.05 Å². The second kappa shape index (κ2) is 10.7. The zero-order chi connectivity index (χ0) is 17.2.